The number of hydrogen-bond acceptors (Lipinski definition) is 2. The number of halogens is 4. The van der Waals surface area contributed by atoms with E-state index in [0.717, 1.165) is 0 Å². The lowest BCUT2D eigenvalue weighted by Crippen LogP contribution is -2.51. The molecule has 2 aromatic carbocycles. The average molecular weight is 388 g/mol. The summed E-state index contributed by atoms with van der Waals surface area (Å²) in [5.74, 6) is -0.704. The van der Waals surface area contributed by atoms with Gasteiger partial charge in [0.1, 0.15) is 0 Å². The molecule has 1 atom stereocenters. The second-order valence-corrected chi connectivity index (χ2v) is 5.83. The number of nitrogens with one attached hydrogen (secondary N) is 1. The first-order valence-electron chi connectivity index (χ1n) is 6.62. The minimum absolute atomic E-state index is 0.192. The van der Waals surface area contributed by atoms with E-state index in [0.29, 0.717) is 4.47 Å². The summed E-state index contributed by atoms with van der Waals surface area (Å²) in [5.41, 5.74) is -3.30. The fraction of sp³-hybridized carbons (Fsp3) is 0.188. The van der Waals surface area contributed by atoms with Crippen LogP contribution in [0.25, 0.3) is 0 Å². The van der Waals surface area contributed by atoms with Crippen LogP contribution < -0.4 is 5.32 Å². The number of alkyl halides is 3. The van der Waals surface area contributed by atoms with Crippen molar-refractivity contribution in [3.63, 3.8) is 0 Å². The molecular weight excluding hydrogens is 375 g/mol. The van der Waals surface area contributed by atoms with Crippen LogP contribution in [-0.4, -0.2) is 23.7 Å². The number of benzene rings is 2. The minimum atomic E-state index is -4.93. The van der Waals surface area contributed by atoms with Crippen molar-refractivity contribution in [3.05, 3.63) is 70.2 Å². The quantitative estimate of drug-likeness (QED) is 0.841. The van der Waals surface area contributed by atoms with Gasteiger partial charge in [-0.2, -0.15) is 13.2 Å². The fourth-order valence-electron chi connectivity index (χ4n) is 2.02. The molecule has 0 bridgehead atoms. The Morgan fingerprint density at radius 1 is 1.09 bits per heavy atom. The summed E-state index contributed by atoms with van der Waals surface area (Å²) in [5, 5.41) is 12.3. The van der Waals surface area contributed by atoms with Gasteiger partial charge < -0.3 is 10.4 Å². The molecule has 0 aliphatic heterocycles. The summed E-state index contributed by atoms with van der Waals surface area (Å²) in [6, 6.07) is 12.9. The lowest BCUT2D eigenvalue weighted by molar-refractivity contribution is -0.263. The second kappa shape index (κ2) is 6.72. The Morgan fingerprint density at radius 3 is 2.30 bits per heavy atom. The highest BCUT2D eigenvalue weighted by atomic mass is 79.9. The molecule has 0 saturated carbocycles. The molecule has 23 heavy (non-hydrogen) atoms. The van der Waals surface area contributed by atoms with Crippen LogP contribution in [0.2, 0.25) is 0 Å². The molecule has 0 aliphatic carbocycles. The molecule has 2 aromatic rings. The Balaban J connectivity index is 2.22. The Labute approximate surface area is 139 Å². The number of amides is 1. The molecule has 2 rings (SSSR count). The lowest BCUT2D eigenvalue weighted by atomic mass is 9.93. The molecule has 2 N–H and O–H groups in total. The summed E-state index contributed by atoms with van der Waals surface area (Å²) in [6.45, 7) is -0.980. The Hall–Kier alpha value is -1.86. The largest absolute Gasteiger partial charge is 0.423 e. The standard InChI is InChI=1S/C16H13BrF3NO2/c17-13-8-4-5-11(9-13)14(22)21-10-15(23,16(18,19)20)12-6-2-1-3-7-12/h1-9,23H,10H2,(H,21,22). The van der Waals surface area contributed by atoms with Gasteiger partial charge in [0.15, 0.2) is 0 Å². The van der Waals surface area contributed by atoms with Gasteiger partial charge in [-0.1, -0.05) is 52.3 Å². The third-order valence-corrected chi connectivity index (χ3v) is 3.81. The van der Waals surface area contributed by atoms with Crippen molar-refractivity contribution in [2.75, 3.05) is 6.54 Å². The number of hydrogen-bond donors (Lipinski definition) is 2. The number of aliphatic hydroxyl groups is 1. The van der Waals surface area contributed by atoms with E-state index >= 15 is 0 Å². The van der Waals surface area contributed by atoms with Crippen LogP contribution in [0, 0.1) is 0 Å². The Morgan fingerprint density at radius 2 is 1.74 bits per heavy atom. The molecule has 0 heterocycles. The number of carbonyl (C=O) groups excluding carboxylic acids is 1. The van der Waals surface area contributed by atoms with E-state index in [4.69, 9.17) is 0 Å². The van der Waals surface area contributed by atoms with Crippen LogP contribution in [0.15, 0.2) is 59.1 Å². The van der Waals surface area contributed by atoms with E-state index in [1.807, 2.05) is 0 Å². The molecule has 3 nitrogen and oxygen atoms in total. The number of carbonyl (C=O) groups is 1. The summed E-state index contributed by atoms with van der Waals surface area (Å²) >= 11 is 3.18. The van der Waals surface area contributed by atoms with Crippen LogP contribution >= 0.6 is 15.9 Å². The molecule has 1 unspecified atom stereocenters. The zero-order valence-electron chi connectivity index (χ0n) is 11.8. The van der Waals surface area contributed by atoms with Crippen molar-refractivity contribution < 1.29 is 23.1 Å². The summed E-state index contributed by atoms with van der Waals surface area (Å²) < 4.78 is 40.5. The maximum Gasteiger partial charge on any atom is 0.423 e. The highest BCUT2D eigenvalue weighted by molar-refractivity contribution is 9.10. The molecule has 0 fully saturated rings. The van der Waals surface area contributed by atoms with Crippen molar-refractivity contribution >= 4 is 21.8 Å². The van der Waals surface area contributed by atoms with E-state index < -0.39 is 24.2 Å². The first kappa shape index (κ1) is 17.5. The van der Waals surface area contributed by atoms with Crippen molar-refractivity contribution in [2.24, 2.45) is 0 Å². The summed E-state index contributed by atoms with van der Waals surface area (Å²) in [4.78, 5) is 12.0. The zero-order chi connectivity index (χ0) is 17.1. The van der Waals surface area contributed by atoms with Crippen LogP contribution in [0.5, 0.6) is 0 Å². The minimum Gasteiger partial charge on any atom is -0.375 e. The summed E-state index contributed by atoms with van der Waals surface area (Å²) in [6.07, 6.45) is -4.93. The molecule has 0 aliphatic rings. The van der Waals surface area contributed by atoms with Crippen LogP contribution in [0.3, 0.4) is 0 Å². The highest BCUT2D eigenvalue weighted by Crippen LogP contribution is 2.38. The molecule has 0 spiro atoms. The van der Waals surface area contributed by atoms with Gasteiger partial charge in [0.25, 0.3) is 5.91 Å². The maximum atomic E-state index is 13.3. The van der Waals surface area contributed by atoms with Crippen molar-refractivity contribution in [3.8, 4) is 0 Å². The average Bonchev–Trinajstić information content (AvgIpc) is 2.52. The number of rotatable bonds is 4. The van der Waals surface area contributed by atoms with Gasteiger partial charge >= 0.3 is 6.18 Å². The predicted molar refractivity (Wildman–Crippen MR) is 82.9 cm³/mol. The first-order chi connectivity index (χ1) is 10.7. The SMILES string of the molecule is O=C(NCC(O)(c1ccccc1)C(F)(F)F)c1cccc(Br)c1. The molecule has 1 amide bonds. The zero-order valence-corrected chi connectivity index (χ0v) is 13.4. The van der Waals surface area contributed by atoms with Crippen LogP contribution in [0.4, 0.5) is 13.2 Å². The second-order valence-electron chi connectivity index (χ2n) is 4.92. The normalized spacial score (nSPS) is 14.1. The topological polar surface area (TPSA) is 49.3 Å². The van der Waals surface area contributed by atoms with Crippen LogP contribution in [0.1, 0.15) is 15.9 Å². The van der Waals surface area contributed by atoms with E-state index in [-0.39, 0.29) is 11.1 Å². The monoisotopic (exact) mass is 387 g/mol. The fourth-order valence-corrected chi connectivity index (χ4v) is 2.42. The molecule has 122 valence electrons. The maximum absolute atomic E-state index is 13.3. The van der Waals surface area contributed by atoms with Gasteiger partial charge in [-0.05, 0) is 23.8 Å². The van der Waals surface area contributed by atoms with E-state index in [2.05, 4.69) is 21.2 Å². The third-order valence-electron chi connectivity index (χ3n) is 3.31. The lowest BCUT2D eigenvalue weighted by Gasteiger charge is -2.31. The van der Waals surface area contributed by atoms with Crippen molar-refractivity contribution in [2.45, 2.75) is 11.8 Å². The molecule has 7 heteroatoms. The van der Waals surface area contributed by atoms with Gasteiger partial charge in [-0.15, -0.1) is 0 Å². The molecule has 0 radical (unpaired) electrons. The Kier molecular flexibility index (Phi) is 5.11. The van der Waals surface area contributed by atoms with E-state index in [1.165, 1.54) is 36.4 Å². The van der Waals surface area contributed by atoms with Gasteiger partial charge in [-0.3, -0.25) is 4.79 Å². The Bertz CT molecular complexity index is 691. The molecular formula is C16H13BrF3NO2. The van der Waals surface area contributed by atoms with Gasteiger partial charge in [-0.25, -0.2) is 0 Å². The van der Waals surface area contributed by atoms with Gasteiger partial charge in [0.2, 0.25) is 5.60 Å². The summed E-state index contributed by atoms with van der Waals surface area (Å²) in [7, 11) is 0. The molecule has 0 saturated heterocycles. The van der Waals surface area contributed by atoms with Crippen molar-refractivity contribution in [1.82, 2.24) is 5.32 Å². The van der Waals surface area contributed by atoms with Gasteiger partial charge in [0, 0.05) is 10.0 Å². The van der Waals surface area contributed by atoms with Crippen molar-refractivity contribution in [1.29, 1.82) is 0 Å². The third kappa shape index (κ3) is 3.92. The van der Waals surface area contributed by atoms with E-state index in [9.17, 15) is 23.1 Å². The molecule has 0 aromatic heterocycles. The van der Waals surface area contributed by atoms with Gasteiger partial charge in [0.05, 0.1) is 6.54 Å². The van der Waals surface area contributed by atoms with E-state index in [1.54, 1.807) is 18.2 Å². The smallest absolute Gasteiger partial charge is 0.375 e. The highest BCUT2D eigenvalue weighted by Gasteiger charge is 2.55. The first-order valence-corrected chi connectivity index (χ1v) is 7.42. The predicted octanol–water partition coefficient (Wildman–Crippen LogP) is 3.63. The van der Waals surface area contributed by atoms with Crippen LogP contribution in [-0.2, 0) is 5.60 Å².